The largest absolute Gasteiger partial charge is 0.357 e. The van der Waals surface area contributed by atoms with E-state index >= 15 is 0 Å². The third-order valence-electron chi connectivity index (χ3n) is 3.72. The first-order chi connectivity index (χ1) is 9.20. The van der Waals surface area contributed by atoms with Crippen molar-refractivity contribution in [2.75, 3.05) is 20.1 Å². The molecular weight excluding hydrogens is 242 g/mol. The van der Waals surface area contributed by atoms with Crippen molar-refractivity contribution in [2.24, 2.45) is 5.73 Å². The number of nitrogens with one attached hydrogen (secondary N) is 1. The molecule has 5 nitrogen and oxygen atoms in total. The molecule has 3 N–H and O–H groups in total. The molecule has 0 aromatic rings. The quantitative estimate of drug-likeness (QED) is 0.678. The van der Waals surface area contributed by atoms with Crippen molar-refractivity contribution >= 4 is 11.8 Å². The van der Waals surface area contributed by atoms with Gasteiger partial charge in [-0.2, -0.15) is 0 Å². The highest BCUT2D eigenvalue weighted by Gasteiger charge is 2.30. The van der Waals surface area contributed by atoms with Crippen LogP contribution in [-0.2, 0) is 9.59 Å². The van der Waals surface area contributed by atoms with Crippen molar-refractivity contribution in [1.82, 2.24) is 10.2 Å². The Morgan fingerprint density at radius 2 is 1.95 bits per heavy atom. The molecule has 19 heavy (non-hydrogen) atoms. The summed E-state index contributed by atoms with van der Waals surface area (Å²) in [6, 6.07) is -0.254. The number of rotatable bonds is 7. The van der Waals surface area contributed by atoms with Crippen LogP contribution in [0.5, 0.6) is 0 Å². The lowest BCUT2D eigenvalue weighted by Crippen LogP contribution is -2.51. The summed E-state index contributed by atoms with van der Waals surface area (Å²) in [6.45, 7) is 1.44. The van der Waals surface area contributed by atoms with E-state index in [1.165, 1.54) is 0 Å². The molecule has 1 aliphatic heterocycles. The van der Waals surface area contributed by atoms with E-state index in [2.05, 4.69) is 5.32 Å². The van der Waals surface area contributed by atoms with Gasteiger partial charge < -0.3 is 16.0 Å². The normalized spacial score (nSPS) is 19.3. The van der Waals surface area contributed by atoms with Gasteiger partial charge >= 0.3 is 0 Å². The monoisotopic (exact) mass is 269 g/mol. The van der Waals surface area contributed by atoms with E-state index < -0.39 is 0 Å². The molecule has 1 aliphatic rings. The zero-order valence-electron chi connectivity index (χ0n) is 12.0. The average molecular weight is 269 g/mol. The van der Waals surface area contributed by atoms with Crippen LogP contribution in [0.3, 0.4) is 0 Å². The Morgan fingerprint density at radius 3 is 2.63 bits per heavy atom. The van der Waals surface area contributed by atoms with Crippen molar-refractivity contribution in [1.29, 1.82) is 0 Å². The van der Waals surface area contributed by atoms with Crippen molar-refractivity contribution in [3.05, 3.63) is 0 Å². The van der Waals surface area contributed by atoms with E-state index in [1.807, 2.05) is 0 Å². The summed E-state index contributed by atoms with van der Waals surface area (Å²) in [6.07, 6.45) is 7.43. The number of hydrogen-bond donors (Lipinski definition) is 2. The Morgan fingerprint density at radius 1 is 1.21 bits per heavy atom. The Kier molecular flexibility index (Phi) is 7.48. The van der Waals surface area contributed by atoms with Gasteiger partial charge in [0.15, 0.2) is 0 Å². The second-order valence-corrected chi connectivity index (χ2v) is 5.17. The summed E-state index contributed by atoms with van der Waals surface area (Å²) in [5.74, 6) is 0.0947. The van der Waals surface area contributed by atoms with Gasteiger partial charge in [-0.25, -0.2) is 0 Å². The van der Waals surface area contributed by atoms with Crippen LogP contribution in [0.25, 0.3) is 0 Å². The van der Waals surface area contributed by atoms with Crippen LogP contribution in [0.15, 0.2) is 0 Å². The zero-order chi connectivity index (χ0) is 14.1. The minimum absolute atomic E-state index is 0.0313. The number of amides is 2. The standard InChI is InChI=1S/C14H27N3O2/c1-16-14(19)12-8-5-7-11-17(12)13(18)9-4-2-3-6-10-15/h12H,2-11,15H2,1H3,(H,16,19). The molecule has 0 aromatic carbocycles. The summed E-state index contributed by atoms with van der Waals surface area (Å²) in [7, 11) is 1.63. The molecule has 2 amide bonds. The second kappa shape index (κ2) is 8.91. The maximum absolute atomic E-state index is 12.2. The Labute approximate surface area is 115 Å². The van der Waals surface area contributed by atoms with Gasteiger partial charge in [-0.05, 0) is 38.6 Å². The molecule has 0 radical (unpaired) electrons. The Balaban J connectivity index is 2.37. The molecule has 1 atom stereocenters. The Bertz CT molecular complexity index is 294. The van der Waals surface area contributed by atoms with Crippen molar-refractivity contribution < 1.29 is 9.59 Å². The fraction of sp³-hybridized carbons (Fsp3) is 0.857. The molecule has 1 rings (SSSR count). The SMILES string of the molecule is CNC(=O)C1CCCCN1C(=O)CCCCCCN. The predicted molar refractivity (Wildman–Crippen MR) is 75.6 cm³/mol. The van der Waals surface area contributed by atoms with Gasteiger partial charge in [-0.1, -0.05) is 12.8 Å². The number of piperidine rings is 1. The molecule has 0 saturated carbocycles. The summed E-state index contributed by atoms with van der Waals surface area (Å²) in [4.78, 5) is 25.7. The van der Waals surface area contributed by atoms with Gasteiger partial charge in [0.25, 0.3) is 0 Å². The molecule has 0 aliphatic carbocycles. The number of nitrogens with two attached hydrogens (primary N) is 1. The topological polar surface area (TPSA) is 75.4 Å². The van der Waals surface area contributed by atoms with Gasteiger partial charge in [0.05, 0.1) is 0 Å². The molecule has 0 aromatic heterocycles. The smallest absolute Gasteiger partial charge is 0.242 e. The third kappa shape index (κ3) is 5.19. The number of carbonyl (C=O) groups is 2. The van der Waals surface area contributed by atoms with E-state index in [0.717, 1.165) is 58.0 Å². The maximum atomic E-state index is 12.2. The van der Waals surface area contributed by atoms with E-state index in [-0.39, 0.29) is 17.9 Å². The number of carbonyl (C=O) groups excluding carboxylic acids is 2. The van der Waals surface area contributed by atoms with E-state index in [0.29, 0.717) is 6.42 Å². The number of unbranched alkanes of at least 4 members (excludes halogenated alkanes) is 3. The molecule has 5 heteroatoms. The summed E-state index contributed by atoms with van der Waals surface area (Å²) < 4.78 is 0. The predicted octanol–water partition coefficient (Wildman–Crippen LogP) is 1.02. The van der Waals surface area contributed by atoms with E-state index in [4.69, 9.17) is 5.73 Å². The van der Waals surface area contributed by atoms with Gasteiger partial charge in [0, 0.05) is 20.0 Å². The first-order valence-electron chi connectivity index (χ1n) is 7.42. The molecular formula is C14H27N3O2. The van der Waals surface area contributed by atoms with Crippen LogP contribution in [0.1, 0.15) is 51.4 Å². The Hall–Kier alpha value is -1.10. The first-order valence-corrected chi connectivity index (χ1v) is 7.42. The van der Waals surface area contributed by atoms with E-state index in [9.17, 15) is 9.59 Å². The average Bonchev–Trinajstić information content (AvgIpc) is 2.46. The van der Waals surface area contributed by atoms with Crippen molar-refractivity contribution in [3.63, 3.8) is 0 Å². The van der Waals surface area contributed by atoms with Crippen LogP contribution >= 0.6 is 0 Å². The molecule has 110 valence electrons. The summed E-state index contributed by atoms with van der Waals surface area (Å²) in [5.41, 5.74) is 5.43. The number of likely N-dealkylation sites (tertiary alicyclic amines) is 1. The lowest BCUT2D eigenvalue weighted by molar-refractivity contribution is -0.142. The minimum Gasteiger partial charge on any atom is -0.357 e. The fourth-order valence-electron chi connectivity index (χ4n) is 2.59. The van der Waals surface area contributed by atoms with Crippen LogP contribution in [0.4, 0.5) is 0 Å². The second-order valence-electron chi connectivity index (χ2n) is 5.17. The number of nitrogens with zero attached hydrogens (tertiary/aromatic N) is 1. The lowest BCUT2D eigenvalue weighted by atomic mass is 10.0. The molecule has 1 unspecified atom stereocenters. The fourth-order valence-corrected chi connectivity index (χ4v) is 2.59. The van der Waals surface area contributed by atoms with Gasteiger partial charge in [-0.3, -0.25) is 9.59 Å². The highest BCUT2D eigenvalue weighted by molar-refractivity contribution is 5.87. The van der Waals surface area contributed by atoms with Crippen LogP contribution in [0.2, 0.25) is 0 Å². The summed E-state index contributed by atoms with van der Waals surface area (Å²) in [5, 5.41) is 2.66. The maximum Gasteiger partial charge on any atom is 0.242 e. The van der Waals surface area contributed by atoms with Crippen molar-refractivity contribution in [3.8, 4) is 0 Å². The third-order valence-corrected chi connectivity index (χ3v) is 3.72. The van der Waals surface area contributed by atoms with Gasteiger partial charge in [0.1, 0.15) is 6.04 Å². The van der Waals surface area contributed by atoms with Crippen LogP contribution < -0.4 is 11.1 Å². The van der Waals surface area contributed by atoms with E-state index in [1.54, 1.807) is 11.9 Å². The number of likely N-dealkylation sites (N-methyl/N-ethyl adjacent to an activating group) is 1. The lowest BCUT2D eigenvalue weighted by Gasteiger charge is -2.34. The van der Waals surface area contributed by atoms with Crippen molar-refractivity contribution in [2.45, 2.75) is 57.4 Å². The zero-order valence-corrected chi connectivity index (χ0v) is 12.0. The molecule has 0 spiro atoms. The highest BCUT2D eigenvalue weighted by Crippen LogP contribution is 2.19. The molecule has 1 saturated heterocycles. The highest BCUT2D eigenvalue weighted by atomic mass is 16.2. The molecule has 1 heterocycles. The minimum atomic E-state index is -0.254. The molecule has 1 fully saturated rings. The van der Waals surface area contributed by atoms with Gasteiger partial charge in [0.2, 0.25) is 11.8 Å². The van der Waals surface area contributed by atoms with Gasteiger partial charge in [-0.15, -0.1) is 0 Å². The van der Waals surface area contributed by atoms with Crippen LogP contribution in [0, 0.1) is 0 Å². The molecule has 0 bridgehead atoms. The van der Waals surface area contributed by atoms with Crippen LogP contribution in [-0.4, -0.2) is 42.9 Å². The number of hydrogen-bond acceptors (Lipinski definition) is 3. The summed E-state index contributed by atoms with van der Waals surface area (Å²) >= 11 is 0. The first kappa shape index (κ1) is 16.0.